The van der Waals surface area contributed by atoms with Crippen molar-refractivity contribution in [1.29, 1.82) is 0 Å². The molecule has 2 amide bonds. The number of nitrogens with zero attached hydrogens (tertiary/aromatic N) is 1. The number of aromatic nitrogens is 1. The average molecular weight is 363 g/mol. The Morgan fingerprint density at radius 2 is 2.07 bits per heavy atom. The molecule has 0 saturated heterocycles. The Morgan fingerprint density at radius 1 is 1.22 bits per heavy atom. The minimum atomic E-state index is -0.237. The van der Waals surface area contributed by atoms with Crippen molar-refractivity contribution in [2.75, 3.05) is 17.2 Å². The van der Waals surface area contributed by atoms with Gasteiger partial charge in [-0.2, -0.15) is 0 Å². The number of carbonyl (C=O) groups excluding carboxylic acids is 2. The Balaban J connectivity index is 1.54. The van der Waals surface area contributed by atoms with Crippen LogP contribution < -0.4 is 15.4 Å². The van der Waals surface area contributed by atoms with Gasteiger partial charge in [-0.1, -0.05) is 13.8 Å². The van der Waals surface area contributed by atoms with Gasteiger partial charge in [-0.3, -0.25) is 9.59 Å². The van der Waals surface area contributed by atoms with Crippen LogP contribution in [0.1, 0.15) is 24.2 Å². The summed E-state index contributed by atoms with van der Waals surface area (Å²) in [6.07, 6.45) is 2.07. The maximum absolute atomic E-state index is 12.6. The van der Waals surface area contributed by atoms with Gasteiger partial charge in [0.25, 0.3) is 11.8 Å². The molecule has 2 aromatic carbocycles. The number of benzene rings is 2. The maximum atomic E-state index is 12.6. The monoisotopic (exact) mass is 363 g/mol. The highest BCUT2D eigenvalue weighted by Crippen LogP contribution is 2.29. The van der Waals surface area contributed by atoms with Gasteiger partial charge in [0.2, 0.25) is 0 Å². The lowest BCUT2D eigenvalue weighted by molar-refractivity contribution is -0.118. The third kappa shape index (κ3) is 3.51. The summed E-state index contributed by atoms with van der Waals surface area (Å²) in [5, 5.41) is 6.71. The molecular formula is C21H21N3O3. The van der Waals surface area contributed by atoms with Crippen LogP contribution in [0.5, 0.6) is 5.75 Å². The van der Waals surface area contributed by atoms with Crippen LogP contribution >= 0.6 is 0 Å². The molecule has 0 unspecified atom stereocenters. The zero-order valence-corrected chi connectivity index (χ0v) is 15.3. The lowest BCUT2D eigenvalue weighted by atomic mass is 10.1. The lowest BCUT2D eigenvalue weighted by Crippen LogP contribution is -2.25. The fourth-order valence-electron chi connectivity index (χ4n) is 3.26. The van der Waals surface area contributed by atoms with E-state index in [0.29, 0.717) is 22.9 Å². The summed E-state index contributed by atoms with van der Waals surface area (Å²) in [5.41, 5.74) is 2.85. The number of anilines is 2. The van der Waals surface area contributed by atoms with Crippen molar-refractivity contribution in [2.24, 2.45) is 5.92 Å². The molecule has 4 rings (SSSR count). The van der Waals surface area contributed by atoms with Crippen molar-refractivity contribution in [1.82, 2.24) is 4.57 Å². The number of rotatable bonds is 4. The predicted molar refractivity (Wildman–Crippen MR) is 105 cm³/mol. The van der Waals surface area contributed by atoms with Gasteiger partial charge in [-0.15, -0.1) is 0 Å². The molecule has 6 nitrogen and oxygen atoms in total. The summed E-state index contributed by atoms with van der Waals surface area (Å²) in [6, 6.07) is 12.9. The second kappa shape index (κ2) is 6.79. The van der Waals surface area contributed by atoms with Crippen molar-refractivity contribution in [3.63, 3.8) is 0 Å². The van der Waals surface area contributed by atoms with Crippen molar-refractivity contribution >= 4 is 34.1 Å². The van der Waals surface area contributed by atoms with Gasteiger partial charge >= 0.3 is 0 Å². The van der Waals surface area contributed by atoms with E-state index in [4.69, 9.17) is 4.74 Å². The number of carbonyl (C=O) groups is 2. The first-order valence-electron chi connectivity index (χ1n) is 8.96. The minimum Gasteiger partial charge on any atom is -0.482 e. The van der Waals surface area contributed by atoms with Crippen molar-refractivity contribution in [2.45, 2.75) is 20.4 Å². The molecule has 0 atom stereocenters. The number of hydrogen-bond acceptors (Lipinski definition) is 3. The van der Waals surface area contributed by atoms with E-state index in [1.807, 2.05) is 18.2 Å². The Hall–Kier alpha value is -3.28. The molecule has 0 bridgehead atoms. The van der Waals surface area contributed by atoms with Crippen LogP contribution in [0.4, 0.5) is 11.4 Å². The van der Waals surface area contributed by atoms with E-state index < -0.39 is 0 Å². The van der Waals surface area contributed by atoms with Crippen molar-refractivity contribution in [3.8, 4) is 5.75 Å². The van der Waals surface area contributed by atoms with E-state index in [2.05, 4.69) is 41.3 Å². The summed E-state index contributed by atoms with van der Waals surface area (Å²) in [4.78, 5) is 24.1. The van der Waals surface area contributed by atoms with E-state index >= 15 is 0 Å². The first-order chi connectivity index (χ1) is 13.0. The standard InChI is InChI=1S/C21H21N3O3/c1-13(2)11-24-8-7-14-9-16(4-5-18(14)24)22-21(26)15-3-6-19-17(10-15)23-20(25)12-27-19/h3-10,13H,11-12H2,1-2H3,(H,22,26)(H,23,25). The van der Waals surface area contributed by atoms with Crippen molar-refractivity contribution in [3.05, 3.63) is 54.2 Å². The Labute approximate surface area is 157 Å². The number of hydrogen-bond donors (Lipinski definition) is 2. The molecule has 2 N–H and O–H groups in total. The van der Waals surface area contributed by atoms with Gasteiger partial charge in [0.05, 0.1) is 5.69 Å². The second-order valence-electron chi connectivity index (χ2n) is 7.14. The number of nitrogens with one attached hydrogen (secondary N) is 2. The van der Waals surface area contributed by atoms with E-state index in [9.17, 15) is 9.59 Å². The molecule has 6 heteroatoms. The van der Waals surface area contributed by atoms with E-state index in [1.165, 1.54) is 0 Å². The first-order valence-corrected chi connectivity index (χ1v) is 8.96. The summed E-state index contributed by atoms with van der Waals surface area (Å²) in [5.74, 6) is 0.669. The molecule has 0 spiro atoms. The normalized spacial score (nSPS) is 13.2. The second-order valence-corrected chi connectivity index (χ2v) is 7.14. The zero-order valence-electron chi connectivity index (χ0n) is 15.3. The highest BCUT2D eigenvalue weighted by molar-refractivity contribution is 6.07. The van der Waals surface area contributed by atoms with E-state index in [-0.39, 0.29) is 18.4 Å². The van der Waals surface area contributed by atoms with Crippen LogP contribution in [0.3, 0.4) is 0 Å². The largest absolute Gasteiger partial charge is 0.482 e. The van der Waals surface area contributed by atoms with Crippen LogP contribution in [-0.2, 0) is 11.3 Å². The molecule has 138 valence electrons. The topological polar surface area (TPSA) is 72.4 Å². The highest BCUT2D eigenvalue weighted by atomic mass is 16.5. The van der Waals surface area contributed by atoms with Gasteiger partial charge in [0, 0.05) is 34.9 Å². The third-order valence-corrected chi connectivity index (χ3v) is 4.47. The molecule has 0 fully saturated rings. The van der Waals surface area contributed by atoms with Crippen LogP contribution in [0, 0.1) is 5.92 Å². The summed E-state index contributed by atoms with van der Waals surface area (Å²) < 4.78 is 7.54. The average Bonchev–Trinajstić information content (AvgIpc) is 3.02. The smallest absolute Gasteiger partial charge is 0.262 e. The Morgan fingerprint density at radius 3 is 2.89 bits per heavy atom. The molecule has 1 aliphatic heterocycles. The Kier molecular flexibility index (Phi) is 4.32. The number of fused-ring (bicyclic) bond motifs is 2. The summed E-state index contributed by atoms with van der Waals surface area (Å²) in [6.45, 7) is 5.33. The van der Waals surface area contributed by atoms with Gasteiger partial charge in [-0.25, -0.2) is 0 Å². The zero-order chi connectivity index (χ0) is 19.0. The predicted octanol–water partition coefficient (Wildman–Crippen LogP) is 3.88. The molecule has 3 aromatic rings. The lowest BCUT2D eigenvalue weighted by Gasteiger charge is -2.18. The number of amides is 2. The molecule has 0 aliphatic carbocycles. The van der Waals surface area contributed by atoms with Gasteiger partial charge in [0.1, 0.15) is 5.75 Å². The van der Waals surface area contributed by atoms with Crippen LogP contribution in [0.2, 0.25) is 0 Å². The minimum absolute atomic E-state index is 0.00495. The first kappa shape index (κ1) is 17.1. The quantitative estimate of drug-likeness (QED) is 0.739. The fourth-order valence-corrected chi connectivity index (χ4v) is 3.26. The summed E-state index contributed by atoms with van der Waals surface area (Å²) in [7, 11) is 0. The van der Waals surface area contributed by atoms with E-state index in [1.54, 1.807) is 18.2 Å². The van der Waals surface area contributed by atoms with Gasteiger partial charge in [-0.05, 0) is 48.4 Å². The molecule has 2 heterocycles. The molecule has 0 saturated carbocycles. The Bertz CT molecular complexity index is 1040. The number of ether oxygens (including phenoxy) is 1. The summed E-state index contributed by atoms with van der Waals surface area (Å²) >= 11 is 0. The SMILES string of the molecule is CC(C)Cn1ccc2cc(NC(=O)c3ccc4c(c3)NC(=O)CO4)ccc21. The third-order valence-electron chi connectivity index (χ3n) is 4.47. The van der Waals surface area contributed by atoms with Gasteiger partial charge in [0.15, 0.2) is 6.61 Å². The van der Waals surface area contributed by atoms with Gasteiger partial charge < -0.3 is 19.9 Å². The molecule has 1 aliphatic rings. The van der Waals surface area contributed by atoms with Crippen LogP contribution in [0.15, 0.2) is 48.7 Å². The molecule has 1 aromatic heterocycles. The maximum Gasteiger partial charge on any atom is 0.262 e. The van der Waals surface area contributed by atoms with E-state index in [0.717, 1.165) is 23.1 Å². The molecule has 0 radical (unpaired) electrons. The highest BCUT2D eigenvalue weighted by Gasteiger charge is 2.18. The molecular weight excluding hydrogens is 342 g/mol. The van der Waals surface area contributed by atoms with Crippen LogP contribution in [-0.4, -0.2) is 23.0 Å². The molecule has 27 heavy (non-hydrogen) atoms. The van der Waals surface area contributed by atoms with Crippen molar-refractivity contribution < 1.29 is 14.3 Å². The fraction of sp³-hybridized carbons (Fsp3) is 0.238. The van der Waals surface area contributed by atoms with Crippen LogP contribution in [0.25, 0.3) is 10.9 Å².